The van der Waals surface area contributed by atoms with Crippen LogP contribution in [0.25, 0.3) is 0 Å². The molecule has 1 aromatic heterocycles. The highest BCUT2D eigenvalue weighted by atomic mass is 16.5. The van der Waals surface area contributed by atoms with E-state index in [1.54, 1.807) is 13.4 Å². The molecule has 0 spiro atoms. The van der Waals surface area contributed by atoms with Gasteiger partial charge in [0, 0.05) is 12.5 Å². The van der Waals surface area contributed by atoms with E-state index in [-0.39, 0.29) is 6.04 Å². The smallest absolute Gasteiger partial charge is 0.122 e. The molecular formula is C14H17NO2. The lowest BCUT2D eigenvalue weighted by Crippen LogP contribution is -2.13. The molecule has 0 fully saturated rings. The maximum Gasteiger partial charge on any atom is 0.122 e. The van der Waals surface area contributed by atoms with Gasteiger partial charge in [-0.05, 0) is 36.2 Å². The highest BCUT2D eigenvalue weighted by Gasteiger charge is 2.10. The van der Waals surface area contributed by atoms with Crippen LogP contribution in [-0.4, -0.2) is 7.11 Å². The third-order valence-electron chi connectivity index (χ3n) is 2.86. The lowest BCUT2D eigenvalue weighted by molar-refractivity contribution is 0.410. The van der Waals surface area contributed by atoms with Crippen LogP contribution in [0.5, 0.6) is 5.75 Å². The van der Waals surface area contributed by atoms with Crippen molar-refractivity contribution in [1.29, 1.82) is 0 Å². The third kappa shape index (κ3) is 2.68. The molecule has 1 aromatic carbocycles. The van der Waals surface area contributed by atoms with Crippen LogP contribution in [0.3, 0.4) is 0 Å². The van der Waals surface area contributed by atoms with Gasteiger partial charge in [0.2, 0.25) is 0 Å². The Hall–Kier alpha value is -1.74. The summed E-state index contributed by atoms with van der Waals surface area (Å²) in [6, 6.07) is 9.78. The molecule has 1 atom stereocenters. The average Bonchev–Trinajstić information content (AvgIpc) is 2.82. The van der Waals surface area contributed by atoms with Crippen molar-refractivity contribution in [3.63, 3.8) is 0 Å². The first-order chi connectivity index (χ1) is 8.20. The fourth-order valence-corrected chi connectivity index (χ4v) is 1.83. The van der Waals surface area contributed by atoms with Crippen molar-refractivity contribution < 1.29 is 9.15 Å². The number of methoxy groups -OCH3 is 1. The maximum absolute atomic E-state index is 6.14. The van der Waals surface area contributed by atoms with Crippen molar-refractivity contribution in [3.05, 3.63) is 53.5 Å². The van der Waals surface area contributed by atoms with Crippen LogP contribution in [0.1, 0.15) is 22.9 Å². The van der Waals surface area contributed by atoms with Crippen LogP contribution in [0, 0.1) is 6.92 Å². The van der Waals surface area contributed by atoms with E-state index in [9.17, 15) is 0 Å². The van der Waals surface area contributed by atoms with Gasteiger partial charge in [0.1, 0.15) is 11.5 Å². The van der Waals surface area contributed by atoms with Gasteiger partial charge < -0.3 is 14.9 Å². The predicted molar refractivity (Wildman–Crippen MR) is 67.1 cm³/mol. The average molecular weight is 231 g/mol. The molecule has 0 aliphatic rings. The molecule has 1 unspecified atom stereocenters. The van der Waals surface area contributed by atoms with E-state index in [1.165, 1.54) is 0 Å². The first kappa shape index (κ1) is 11.7. The van der Waals surface area contributed by atoms with E-state index < -0.39 is 0 Å². The number of benzene rings is 1. The number of nitrogens with two attached hydrogens (primary N) is 1. The summed E-state index contributed by atoms with van der Waals surface area (Å²) < 4.78 is 10.6. The molecule has 0 aliphatic heterocycles. The molecule has 0 radical (unpaired) electrons. The second-order valence-electron chi connectivity index (χ2n) is 4.12. The van der Waals surface area contributed by atoms with Crippen LogP contribution < -0.4 is 10.5 Å². The number of aryl methyl sites for hydroxylation is 1. The van der Waals surface area contributed by atoms with Crippen molar-refractivity contribution in [3.8, 4) is 5.75 Å². The highest BCUT2D eigenvalue weighted by molar-refractivity contribution is 5.38. The maximum atomic E-state index is 6.14. The van der Waals surface area contributed by atoms with E-state index >= 15 is 0 Å². The van der Waals surface area contributed by atoms with Gasteiger partial charge in [-0.2, -0.15) is 0 Å². The zero-order valence-electron chi connectivity index (χ0n) is 10.1. The molecule has 0 saturated carbocycles. The van der Waals surface area contributed by atoms with E-state index in [2.05, 4.69) is 0 Å². The van der Waals surface area contributed by atoms with Gasteiger partial charge in [-0.3, -0.25) is 0 Å². The minimum Gasteiger partial charge on any atom is -0.496 e. The zero-order chi connectivity index (χ0) is 12.3. The van der Waals surface area contributed by atoms with Crippen LogP contribution in [0.2, 0.25) is 0 Å². The van der Waals surface area contributed by atoms with E-state index in [1.807, 2.05) is 37.3 Å². The fraction of sp³-hybridized carbons (Fsp3) is 0.286. The Morgan fingerprint density at radius 1 is 1.35 bits per heavy atom. The van der Waals surface area contributed by atoms with Crippen LogP contribution >= 0.6 is 0 Å². The molecule has 2 rings (SSSR count). The van der Waals surface area contributed by atoms with Crippen LogP contribution in [0.15, 0.2) is 41.0 Å². The number of furan rings is 1. The molecule has 2 N–H and O–H groups in total. The Kier molecular flexibility index (Phi) is 3.49. The molecule has 0 amide bonds. The first-order valence-electron chi connectivity index (χ1n) is 5.63. The lowest BCUT2D eigenvalue weighted by atomic mass is 10.0. The van der Waals surface area contributed by atoms with Crippen LogP contribution in [-0.2, 0) is 6.42 Å². The Bertz CT molecular complexity index is 477. The van der Waals surface area contributed by atoms with E-state index in [0.29, 0.717) is 6.42 Å². The highest BCUT2D eigenvalue weighted by Crippen LogP contribution is 2.24. The summed E-state index contributed by atoms with van der Waals surface area (Å²) in [5.41, 5.74) is 8.32. The van der Waals surface area contributed by atoms with Gasteiger partial charge in [0.15, 0.2) is 0 Å². The molecule has 3 heteroatoms. The largest absolute Gasteiger partial charge is 0.496 e. The Morgan fingerprint density at radius 3 is 2.82 bits per heavy atom. The molecule has 17 heavy (non-hydrogen) atoms. The summed E-state index contributed by atoms with van der Waals surface area (Å²) in [5.74, 6) is 1.77. The van der Waals surface area contributed by atoms with Crippen molar-refractivity contribution in [1.82, 2.24) is 0 Å². The standard InChI is InChI=1S/C14H17NO2/c1-10-5-6-11(8-14(10)16-2)13(15)9-12-4-3-7-17-12/h3-8,13H,9,15H2,1-2H3. The van der Waals surface area contributed by atoms with Crippen molar-refractivity contribution in [2.75, 3.05) is 7.11 Å². The molecule has 1 heterocycles. The van der Waals surface area contributed by atoms with E-state index in [0.717, 1.165) is 22.6 Å². The molecule has 0 aliphatic carbocycles. The zero-order valence-corrected chi connectivity index (χ0v) is 10.1. The minimum absolute atomic E-state index is 0.0735. The third-order valence-corrected chi connectivity index (χ3v) is 2.86. The predicted octanol–water partition coefficient (Wildman–Crippen LogP) is 2.84. The molecule has 90 valence electrons. The molecule has 0 bridgehead atoms. The summed E-state index contributed by atoms with van der Waals surface area (Å²) in [5, 5.41) is 0. The second kappa shape index (κ2) is 5.06. The molecule has 3 nitrogen and oxygen atoms in total. The van der Waals surface area contributed by atoms with Gasteiger partial charge in [-0.1, -0.05) is 12.1 Å². The SMILES string of the molecule is COc1cc(C(N)Cc2ccco2)ccc1C. The fourth-order valence-electron chi connectivity index (χ4n) is 1.83. The Morgan fingerprint density at radius 2 is 2.18 bits per heavy atom. The first-order valence-corrected chi connectivity index (χ1v) is 5.63. The molecule has 0 saturated heterocycles. The van der Waals surface area contributed by atoms with Gasteiger partial charge in [0.25, 0.3) is 0 Å². The van der Waals surface area contributed by atoms with Crippen molar-refractivity contribution >= 4 is 0 Å². The number of hydrogen-bond donors (Lipinski definition) is 1. The van der Waals surface area contributed by atoms with Gasteiger partial charge in [-0.25, -0.2) is 0 Å². The Balaban J connectivity index is 2.16. The monoisotopic (exact) mass is 231 g/mol. The number of rotatable bonds is 4. The second-order valence-corrected chi connectivity index (χ2v) is 4.12. The molecule has 2 aromatic rings. The molecular weight excluding hydrogens is 214 g/mol. The van der Waals surface area contributed by atoms with Gasteiger partial charge in [-0.15, -0.1) is 0 Å². The van der Waals surface area contributed by atoms with Crippen molar-refractivity contribution in [2.45, 2.75) is 19.4 Å². The summed E-state index contributed by atoms with van der Waals surface area (Å²) in [6.45, 7) is 2.01. The van der Waals surface area contributed by atoms with Crippen LogP contribution in [0.4, 0.5) is 0 Å². The summed E-state index contributed by atoms with van der Waals surface area (Å²) >= 11 is 0. The minimum atomic E-state index is -0.0735. The topological polar surface area (TPSA) is 48.4 Å². The van der Waals surface area contributed by atoms with Gasteiger partial charge in [0.05, 0.1) is 13.4 Å². The quantitative estimate of drug-likeness (QED) is 0.880. The van der Waals surface area contributed by atoms with Gasteiger partial charge >= 0.3 is 0 Å². The number of hydrogen-bond acceptors (Lipinski definition) is 3. The van der Waals surface area contributed by atoms with E-state index in [4.69, 9.17) is 14.9 Å². The van der Waals surface area contributed by atoms with Crippen molar-refractivity contribution in [2.24, 2.45) is 5.73 Å². The summed E-state index contributed by atoms with van der Waals surface area (Å²) in [6.07, 6.45) is 2.36. The number of ether oxygens (including phenoxy) is 1. The summed E-state index contributed by atoms with van der Waals surface area (Å²) in [7, 11) is 1.67. The normalized spacial score (nSPS) is 12.4. The summed E-state index contributed by atoms with van der Waals surface area (Å²) in [4.78, 5) is 0. The Labute approximate surface area is 101 Å². The lowest BCUT2D eigenvalue weighted by Gasteiger charge is -2.13.